The molecule has 0 spiro atoms. The van der Waals surface area contributed by atoms with Gasteiger partial charge in [0.15, 0.2) is 6.29 Å². The average Bonchev–Trinajstić information content (AvgIpc) is 2.97. The monoisotopic (exact) mass is 216 g/mol. The smallest absolute Gasteiger partial charge is 0.309 e. The summed E-state index contributed by atoms with van der Waals surface area (Å²) in [6, 6.07) is 0. The molecule has 4 nitrogen and oxygen atoms in total. The lowest BCUT2D eigenvalue weighted by molar-refractivity contribution is -0.160. The zero-order valence-electron chi connectivity index (χ0n) is 9.69. The van der Waals surface area contributed by atoms with Gasteiger partial charge in [0.1, 0.15) is 0 Å². The molecule has 1 aliphatic carbocycles. The van der Waals surface area contributed by atoms with Gasteiger partial charge in [-0.05, 0) is 27.2 Å². The third-order valence-electron chi connectivity index (χ3n) is 2.44. The van der Waals surface area contributed by atoms with Crippen LogP contribution in [0, 0.1) is 11.8 Å². The third kappa shape index (κ3) is 3.47. The number of rotatable bonds is 7. The van der Waals surface area contributed by atoms with E-state index in [2.05, 4.69) is 0 Å². The predicted octanol–water partition coefficient (Wildman–Crippen LogP) is 1.58. The van der Waals surface area contributed by atoms with Crippen LogP contribution in [0.1, 0.15) is 27.2 Å². The minimum atomic E-state index is -0.241. The molecule has 0 aromatic rings. The van der Waals surface area contributed by atoms with Crippen LogP contribution in [0.5, 0.6) is 0 Å². The summed E-state index contributed by atoms with van der Waals surface area (Å²) in [5.41, 5.74) is 0. The van der Waals surface area contributed by atoms with Crippen molar-refractivity contribution in [3.63, 3.8) is 0 Å². The molecule has 88 valence electrons. The summed E-state index contributed by atoms with van der Waals surface area (Å²) >= 11 is 0. The third-order valence-corrected chi connectivity index (χ3v) is 2.44. The van der Waals surface area contributed by atoms with Crippen LogP contribution in [0.2, 0.25) is 0 Å². The fourth-order valence-electron chi connectivity index (χ4n) is 1.66. The van der Waals surface area contributed by atoms with Crippen molar-refractivity contribution in [2.45, 2.75) is 33.5 Å². The lowest BCUT2D eigenvalue weighted by Gasteiger charge is -2.16. The van der Waals surface area contributed by atoms with Crippen LogP contribution < -0.4 is 0 Å². The molecule has 1 rings (SSSR count). The molecule has 0 saturated heterocycles. The van der Waals surface area contributed by atoms with E-state index >= 15 is 0 Å². The Morgan fingerprint density at radius 2 is 1.80 bits per heavy atom. The van der Waals surface area contributed by atoms with E-state index in [1.54, 1.807) is 0 Å². The highest BCUT2D eigenvalue weighted by molar-refractivity contribution is 5.75. The van der Waals surface area contributed by atoms with Gasteiger partial charge >= 0.3 is 5.97 Å². The SMILES string of the molecule is CCOC(=O)C1CC1C(OCC)OCC. The standard InChI is InChI=1S/C11H20O4/c1-4-13-10(12)8-7-9(8)11(14-5-2)15-6-3/h8-9,11H,4-7H2,1-3H3. The molecule has 1 fully saturated rings. The zero-order chi connectivity index (χ0) is 11.3. The van der Waals surface area contributed by atoms with Gasteiger partial charge in [-0.3, -0.25) is 4.79 Å². The molecule has 0 N–H and O–H groups in total. The summed E-state index contributed by atoms with van der Waals surface area (Å²) in [6.07, 6.45) is 0.582. The molecular weight excluding hydrogens is 196 g/mol. The molecule has 0 amide bonds. The van der Waals surface area contributed by atoms with Crippen LogP contribution in [0.4, 0.5) is 0 Å². The fraction of sp³-hybridized carbons (Fsp3) is 0.909. The van der Waals surface area contributed by atoms with Gasteiger partial charge in [-0.15, -0.1) is 0 Å². The first-order chi connectivity index (χ1) is 7.24. The molecular formula is C11H20O4. The molecule has 0 bridgehead atoms. The Morgan fingerprint density at radius 1 is 1.20 bits per heavy atom. The number of esters is 1. The molecule has 0 aromatic heterocycles. The van der Waals surface area contributed by atoms with E-state index in [1.165, 1.54) is 0 Å². The van der Waals surface area contributed by atoms with E-state index in [9.17, 15) is 4.79 Å². The summed E-state index contributed by atoms with van der Waals surface area (Å²) in [4.78, 5) is 11.4. The molecule has 4 heteroatoms. The minimum Gasteiger partial charge on any atom is -0.466 e. The van der Waals surface area contributed by atoms with E-state index in [4.69, 9.17) is 14.2 Å². The van der Waals surface area contributed by atoms with E-state index in [-0.39, 0.29) is 24.1 Å². The molecule has 1 saturated carbocycles. The van der Waals surface area contributed by atoms with E-state index in [0.29, 0.717) is 19.8 Å². The van der Waals surface area contributed by atoms with Crippen molar-refractivity contribution in [2.75, 3.05) is 19.8 Å². The van der Waals surface area contributed by atoms with Gasteiger partial charge in [0.2, 0.25) is 0 Å². The minimum absolute atomic E-state index is 0.0203. The van der Waals surface area contributed by atoms with Gasteiger partial charge in [-0.2, -0.15) is 0 Å². The summed E-state index contributed by atoms with van der Waals surface area (Å²) in [5, 5.41) is 0. The van der Waals surface area contributed by atoms with Crippen molar-refractivity contribution in [1.82, 2.24) is 0 Å². The van der Waals surface area contributed by atoms with Crippen LogP contribution in [-0.2, 0) is 19.0 Å². The van der Waals surface area contributed by atoms with Gasteiger partial charge in [0.25, 0.3) is 0 Å². The maximum atomic E-state index is 11.4. The molecule has 1 aliphatic rings. The first-order valence-electron chi connectivity index (χ1n) is 5.64. The van der Waals surface area contributed by atoms with Crippen molar-refractivity contribution < 1.29 is 19.0 Å². The molecule has 2 atom stereocenters. The van der Waals surface area contributed by atoms with Crippen LogP contribution >= 0.6 is 0 Å². The summed E-state index contributed by atoms with van der Waals surface area (Å²) < 4.78 is 15.8. The van der Waals surface area contributed by atoms with E-state index in [1.807, 2.05) is 20.8 Å². The predicted molar refractivity (Wildman–Crippen MR) is 55.3 cm³/mol. The Balaban J connectivity index is 2.35. The molecule has 15 heavy (non-hydrogen) atoms. The number of carbonyl (C=O) groups is 1. The van der Waals surface area contributed by atoms with E-state index in [0.717, 1.165) is 6.42 Å². The van der Waals surface area contributed by atoms with Crippen molar-refractivity contribution >= 4 is 5.97 Å². The number of hydrogen-bond acceptors (Lipinski definition) is 4. The Kier molecular flexibility index (Phi) is 5.05. The van der Waals surface area contributed by atoms with Crippen LogP contribution in [0.25, 0.3) is 0 Å². The van der Waals surface area contributed by atoms with Gasteiger partial charge in [-0.1, -0.05) is 0 Å². The summed E-state index contributed by atoms with van der Waals surface area (Å²) in [5.74, 6) is 0.0453. The normalized spacial score (nSPS) is 24.3. The van der Waals surface area contributed by atoms with Crippen LogP contribution in [0.3, 0.4) is 0 Å². The molecule has 0 heterocycles. The largest absolute Gasteiger partial charge is 0.466 e. The van der Waals surface area contributed by atoms with Crippen molar-refractivity contribution in [1.29, 1.82) is 0 Å². The lowest BCUT2D eigenvalue weighted by atomic mass is 10.3. The maximum absolute atomic E-state index is 11.4. The second-order valence-electron chi connectivity index (χ2n) is 3.54. The Bertz CT molecular complexity index is 199. The van der Waals surface area contributed by atoms with Gasteiger partial charge in [0, 0.05) is 19.1 Å². The molecule has 2 unspecified atom stereocenters. The van der Waals surface area contributed by atoms with E-state index < -0.39 is 0 Å². The van der Waals surface area contributed by atoms with Crippen LogP contribution in [-0.4, -0.2) is 32.1 Å². The highest BCUT2D eigenvalue weighted by Crippen LogP contribution is 2.43. The topological polar surface area (TPSA) is 44.8 Å². The van der Waals surface area contributed by atoms with Gasteiger partial charge < -0.3 is 14.2 Å². The Hall–Kier alpha value is -0.610. The molecule has 0 aromatic carbocycles. The number of hydrogen-bond donors (Lipinski definition) is 0. The second-order valence-corrected chi connectivity index (χ2v) is 3.54. The zero-order valence-corrected chi connectivity index (χ0v) is 9.69. The van der Waals surface area contributed by atoms with Crippen molar-refractivity contribution in [2.24, 2.45) is 11.8 Å². The number of ether oxygens (including phenoxy) is 3. The van der Waals surface area contributed by atoms with Crippen molar-refractivity contribution in [3.8, 4) is 0 Å². The highest BCUT2D eigenvalue weighted by Gasteiger charge is 2.49. The van der Waals surface area contributed by atoms with Crippen LogP contribution in [0.15, 0.2) is 0 Å². The second kappa shape index (κ2) is 6.08. The highest BCUT2D eigenvalue weighted by atomic mass is 16.7. The van der Waals surface area contributed by atoms with Gasteiger partial charge in [-0.25, -0.2) is 0 Å². The first kappa shape index (κ1) is 12.5. The molecule has 0 radical (unpaired) electrons. The lowest BCUT2D eigenvalue weighted by Crippen LogP contribution is -2.22. The Morgan fingerprint density at radius 3 is 2.27 bits per heavy atom. The molecule has 0 aliphatic heterocycles. The first-order valence-corrected chi connectivity index (χ1v) is 5.64. The quantitative estimate of drug-likeness (QED) is 0.479. The number of carbonyl (C=O) groups excluding carboxylic acids is 1. The summed E-state index contributed by atoms with van der Waals surface area (Å²) in [7, 11) is 0. The van der Waals surface area contributed by atoms with Crippen molar-refractivity contribution in [3.05, 3.63) is 0 Å². The van der Waals surface area contributed by atoms with Gasteiger partial charge in [0.05, 0.1) is 12.5 Å². The Labute approximate surface area is 90.9 Å². The fourth-order valence-corrected chi connectivity index (χ4v) is 1.66. The maximum Gasteiger partial charge on any atom is 0.309 e. The average molecular weight is 216 g/mol. The summed E-state index contributed by atoms with van der Waals surface area (Å²) in [6.45, 7) is 7.32.